The molecule has 0 bridgehead atoms. The zero-order chi connectivity index (χ0) is 14.2. The normalized spacial score (nSPS) is 25.6. The Labute approximate surface area is 122 Å². The third kappa shape index (κ3) is 2.88. The van der Waals surface area contributed by atoms with Crippen LogP contribution in [0.3, 0.4) is 0 Å². The Balaban J connectivity index is 1.67. The maximum absolute atomic E-state index is 12.2. The van der Waals surface area contributed by atoms with Crippen LogP contribution in [0, 0.1) is 0 Å². The van der Waals surface area contributed by atoms with Crippen molar-refractivity contribution in [3.63, 3.8) is 0 Å². The van der Waals surface area contributed by atoms with Gasteiger partial charge in [-0.25, -0.2) is 0 Å². The number of rotatable bonds is 5. The Bertz CT molecular complexity index is 506. The van der Waals surface area contributed by atoms with Crippen molar-refractivity contribution in [2.24, 2.45) is 0 Å². The molecule has 7 heteroatoms. The number of nitrogens with zero attached hydrogens (tertiary/aromatic N) is 1. The van der Waals surface area contributed by atoms with Crippen LogP contribution in [0.15, 0.2) is 0 Å². The summed E-state index contributed by atoms with van der Waals surface area (Å²) in [7, 11) is 0. The van der Waals surface area contributed by atoms with Crippen molar-refractivity contribution in [1.82, 2.24) is 9.69 Å². The Morgan fingerprint density at radius 1 is 1.60 bits per heavy atom. The summed E-state index contributed by atoms with van der Waals surface area (Å²) in [4.78, 5) is 12.2. The van der Waals surface area contributed by atoms with Crippen molar-refractivity contribution in [1.29, 1.82) is 0 Å². The molecule has 2 aliphatic rings. The van der Waals surface area contributed by atoms with Crippen LogP contribution in [-0.2, 0) is 4.74 Å². The van der Waals surface area contributed by atoms with E-state index in [-0.39, 0.29) is 11.5 Å². The molecule has 1 saturated carbocycles. The molecule has 110 valence electrons. The highest BCUT2D eigenvalue weighted by Crippen LogP contribution is 2.31. The predicted molar refractivity (Wildman–Crippen MR) is 79.1 cm³/mol. The molecule has 2 heterocycles. The monoisotopic (exact) mass is 296 g/mol. The number of amides is 1. The van der Waals surface area contributed by atoms with Crippen LogP contribution in [0.5, 0.6) is 0 Å². The molecule has 3 rings (SSSR count). The lowest BCUT2D eigenvalue weighted by molar-refractivity contribution is 0.0315. The average Bonchev–Trinajstić information content (AvgIpc) is 2.98. The minimum absolute atomic E-state index is 0.126. The molecule has 1 atom stereocenters. The number of carbonyl (C=O) groups excluding carboxylic acids is 1. The number of nitrogens with one attached hydrogen (secondary N) is 2. The van der Waals surface area contributed by atoms with Crippen molar-refractivity contribution in [2.45, 2.75) is 44.2 Å². The molecule has 20 heavy (non-hydrogen) atoms. The number of nitrogen functional groups attached to an aromatic ring is 1. The Morgan fingerprint density at radius 3 is 3.05 bits per heavy atom. The summed E-state index contributed by atoms with van der Waals surface area (Å²) in [5.41, 5.74) is 6.13. The van der Waals surface area contributed by atoms with Gasteiger partial charge in [0, 0.05) is 19.2 Å². The molecule has 1 aliphatic carbocycles. The standard InChI is InChI=1S/C13H20N4O2S/c1-13(5-2-6-19-13)7-15-12-9(10(14)17-20-12)11(18)16-8-3-4-8/h8,15H,2-7H2,1H3,(H2,14,17)(H,16,18). The fourth-order valence-corrected chi connectivity index (χ4v) is 3.08. The van der Waals surface area contributed by atoms with Crippen molar-refractivity contribution in [2.75, 3.05) is 24.2 Å². The van der Waals surface area contributed by atoms with E-state index in [2.05, 4.69) is 21.9 Å². The van der Waals surface area contributed by atoms with Gasteiger partial charge in [0.2, 0.25) is 0 Å². The van der Waals surface area contributed by atoms with Gasteiger partial charge in [-0.1, -0.05) is 0 Å². The lowest BCUT2D eigenvalue weighted by Gasteiger charge is -2.23. The van der Waals surface area contributed by atoms with E-state index in [1.807, 2.05) is 0 Å². The molecule has 1 saturated heterocycles. The quantitative estimate of drug-likeness (QED) is 0.768. The smallest absolute Gasteiger partial charge is 0.258 e. The topological polar surface area (TPSA) is 89.3 Å². The van der Waals surface area contributed by atoms with Crippen molar-refractivity contribution >= 4 is 28.3 Å². The van der Waals surface area contributed by atoms with Crippen molar-refractivity contribution < 1.29 is 9.53 Å². The van der Waals surface area contributed by atoms with Crippen LogP contribution >= 0.6 is 11.5 Å². The van der Waals surface area contributed by atoms with Gasteiger partial charge in [-0.05, 0) is 44.1 Å². The number of hydrogen-bond donors (Lipinski definition) is 3. The fourth-order valence-electron chi connectivity index (χ4n) is 2.37. The number of carbonyl (C=O) groups is 1. The summed E-state index contributed by atoms with van der Waals surface area (Å²) in [6.07, 6.45) is 4.21. The van der Waals surface area contributed by atoms with E-state index < -0.39 is 0 Å². The second-order valence-corrected chi connectivity index (χ2v) is 6.55. The molecular weight excluding hydrogens is 276 g/mol. The van der Waals surface area contributed by atoms with Gasteiger partial charge >= 0.3 is 0 Å². The lowest BCUT2D eigenvalue weighted by Crippen LogP contribution is -2.33. The molecule has 1 amide bonds. The van der Waals surface area contributed by atoms with Crippen molar-refractivity contribution in [3.05, 3.63) is 5.56 Å². The van der Waals surface area contributed by atoms with E-state index in [1.54, 1.807) is 0 Å². The minimum Gasteiger partial charge on any atom is -0.382 e. The van der Waals surface area contributed by atoms with Gasteiger partial charge in [-0.3, -0.25) is 4.79 Å². The summed E-state index contributed by atoms with van der Waals surface area (Å²) in [6.45, 7) is 3.55. The molecule has 0 spiro atoms. The van der Waals surface area contributed by atoms with Gasteiger partial charge in [-0.2, -0.15) is 4.37 Å². The molecule has 4 N–H and O–H groups in total. The molecule has 1 aliphatic heterocycles. The Morgan fingerprint density at radius 2 is 2.40 bits per heavy atom. The van der Waals surface area contributed by atoms with Gasteiger partial charge < -0.3 is 21.1 Å². The van der Waals surface area contributed by atoms with Gasteiger partial charge in [0.25, 0.3) is 5.91 Å². The Kier molecular flexibility index (Phi) is 3.55. The molecule has 1 unspecified atom stereocenters. The molecule has 1 aromatic rings. The number of aromatic nitrogens is 1. The maximum Gasteiger partial charge on any atom is 0.258 e. The van der Waals surface area contributed by atoms with Gasteiger partial charge in [-0.15, -0.1) is 0 Å². The van der Waals surface area contributed by atoms with Crippen LogP contribution in [0.2, 0.25) is 0 Å². The number of nitrogens with two attached hydrogens (primary N) is 1. The second kappa shape index (κ2) is 5.21. The van der Waals surface area contributed by atoms with Crippen LogP contribution in [0.25, 0.3) is 0 Å². The van der Waals surface area contributed by atoms with Gasteiger partial charge in [0.05, 0.1) is 5.60 Å². The first-order chi connectivity index (χ1) is 9.57. The number of hydrogen-bond acceptors (Lipinski definition) is 6. The first-order valence-electron chi connectivity index (χ1n) is 7.01. The summed E-state index contributed by atoms with van der Waals surface area (Å²) in [5.74, 6) is 0.173. The number of ether oxygens (including phenoxy) is 1. The van der Waals surface area contributed by atoms with Crippen LogP contribution in [0.1, 0.15) is 43.0 Å². The summed E-state index contributed by atoms with van der Waals surface area (Å²) < 4.78 is 9.82. The Hall–Kier alpha value is -1.34. The first kappa shape index (κ1) is 13.6. The maximum atomic E-state index is 12.2. The van der Waals surface area contributed by atoms with E-state index in [0.29, 0.717) is 24.0 Å². The molecule has 0 radical (unpaired) electrons. The van der Waals surface area contributed by atoms with Gasteiger partial charge in [0.15, 0.2) is 5.82 Å². The second-order valence-electron chi connectivity index (χ2n) is 5.78. The fraction of sp³-hybridized carbons (Fsp3) is 0.692. The van der Waals surface area contributed by atoms with E-state index >= 15 is 0 Å². The van der Waals surface area contributed by atoms with E-state index in [0.717, 1.165) is 37.3 Å². The predicted octanol–water partition coefficient (Wildman–Crippen LogP) is 1.60. The summed E-state index contributed by atoms with van der Waals surface area (Å²) in [5, 5.41) is 6.97. The highest BCUT2D eigenvalue weighted by molar-refractivity contribution is 7.11. The SMILES string of the molecule is CC1(CNc2snc(N)c2C(=O)NC2CC2)CCCO1. The summed E-state index contributed by atoms with van der Waals surface area (Å²) >= 11 is 1.23. The van der Waals surface area contributed by atoms with E-state index in [1.165, 1.54) is 11.5 Å². The lowest BCUT2D eigenvalue weighted by atomic mass is 10.0. The molecule has 1 aromatic heterocycles. The third-order valence-corrected chi connectivity index (χ3v) is 4.60. The molecule has 6 nitrogen and oxygen atoms in total. The largest absolute Gasteiger partial charge is 0.382 e. The van der Waals surface area contributed by atoms with Crippen LogP contribution in [0.4, 0.5) is 10.8 Å². The third-order valence-electron chi connectivity index (χ3n) is 3.78. The van der Waals surface area contributed by atoms with Crippen LogP contribution in [-0.4, -0.2) is 35.1 Å². The number of anilines is 2. The first-order valence-corrected chi connectivity index (χ1v) is 7.79. The van der Waals surface area contributed by atoms with Crippen LogP contribution < -0.4 is 16.4 Å². The highest BCUT2D eigenvalue weighted by atomic mass is 32.1. The zero-order valence-corrected chi connectivity index (χ0v) is 12.4. The van der Waals surface area contributed by atoms with E-state index in [4.69, 9.17) is 10.5 Å². The van der Waals surface area contributed by atoms with Crippen molar-refractivity contribution in [3.8, 4) is 0 Å². The van der Waals surface area contributed by atoms with Gasteiger partial charge in [0.1, 0.15) is 10.6 Å². The van der Waals surface area contributed by atoms with E-state index in [9.17, 15) is 4.79 Å². The molecular formula is C13H20N4O2S. The highest BCUT2D eigenvalue weighted by Gasteiger charge is 2.31. The molecule has 2 fully saturated rings. The minimum atomic E-state index is -0.164. The molecule has 0 aromatic carbocycles. The zero-order valence-electron chi connectivity index (χ0n) is 11.6. The average molecular weight is 296 g/mol. The summed E-state index contributed by atoms with van der Waals surface area (Å²) in [6, 6.07) is 0.310.